The molecule has 1 aromatic carbocycles. The Kier molecular flexibility index (Phi) is 7.84. The van der Waals surface area contributed by atoms with Crippen LogP contribution in [0.5, 0.6) is 0 Å². The highest BCUT2D eigenvalue weighted by Crippen LogP contribution is 2.38. The van der Waals surface area contributed by atoms with Crippen molar-refractivity contribution in [1.29, 1.82) is 0 Å². The van der Waals surface area contributed by atoms with Gasteiger partial charge in [0.25, 0.3) is 0 Å². The summed E-state index contributed by atoms with van der Waals surface area (Å²) in [5.74, 6) is -1.60. The highest BCUT2D eigenvalue weighted by atomic mass is 16.5. The van der Waals surface area contributed by atoms with Crippen LogP contribution in [0.1, 0.15) is 69.1 Å². The van der Waals surface area contributed by atoms with E-state index < -0.39 is 30.2 Å². The smallest absolute Gasteiger partial charge is 0.305 e. The van der Waals surface area contributed by atoms with Crippen LogP contribution in [0.15, 0.2) is 18.2 Å². The van der Waals surface area contributed by atoms with E-state index in [0.29, 0.717) is 12.9 Å². The van der Waals surface area contributed by atoms with Crippen LogP contribution in [-0.4, -0.2) is 42.0 Å². The number of amides is 1. The van der Waals surface area contributed by atoms with Crippen molar-refractivity contribution in [2.24, 2.45) is 5.92 Å². The lowest BCUT2D eigenvalue weighted by Crippen LogP contribution is -2.59. The van der Waals surface area contributed by atoms with Gasteiger partial charge < -0.3 is 20.0 Å². The van der Waals surface area contributed by atoms with Gasteiger partial charge in [0, 0.05) is 12.2 Å². The third-order valence-electron chi connectivity index (χ3n) is 6.33. The average molecular weight is 431 g/mol. The molecule has 3 N–H and O–H groups in total. The molecule has 170 valence electrons. The third-order valence-corrected chi connectivity index (χ3v) is 6.33. The Hall–Kier alpha value is -2.25. The molecule has 1 amide bonds. The Balaban J connectivity index is 1.90. The van der Waals surface area contributed by atoms with Crippen molar-refractivity contribution in [2.45, 2.75) is 83.0 Å². The Morgan fingerprint density at radius 3 is 2.61 bits per heavy atom. The highest BCUT2D eigenvalue weighted by molar-refractivity contribution is 5.86. The number of aryl methyl sites for hydroxylation is 1. The zero-order chi connectivity index (χ0) is 22.4. The van der Waals surface area contributed by atoms with Crippen molar-refractivity contribution in [3.63, 3.8) is 0 Å². The Morgan fingerprint density at radius 2 is 1.97 bits per heavy atom. The monoisotopic (exact) mass is 430 g/mol. The molecule has 1 unspecified atom stereocenters. The van der Waals surface area contributed by atoms with Gasteiger partial charge in [0.1, 0.15) is 12.0 Å². The molecular weight excluding hydrogens is 396 g/mol. The molecule has 1 aromatic rings. The predicted molar refractivity (Wildman–Crippen MR) is 117 cm³/mol. The number of carbonyl (C=O) groups is 3. The summed E-state index contributed by atoms with van der Waals surface area (Å²) in [4.78, 5) is 35.4. The van der Waals surface area contributed by atoms with E-state index in [1.807, 2.05) is 13.8 Å². The summed E-state index contributed by atoms with van der Waals surface area (Å²) in [7, 11) is 0. The van der Waals surface area contributed by atoms with Crippen LogP contribution in [0.3, 0.4) is 0 Å². The summed E-state index contributed by atoms with van der Waals surface area (Å²) in [6, 6.07) is 4.67. The fourth-order valence-electron chi connectivity index (χ4n) is 4.74. The molecule has 0 spiro atoms. The van der Waals surface area contributed by atoms with Crippen molar-refractivity contribution in [3.05, 3.63) is 34.9 Å². The van der Waals surface area contributed by atoms with Gasteiger partial charge in [0.05, 0.1) is 18.5 Å². The third kappa shape index (κ3) is 5.52. The predicted octanol–water partition coefficient (Wildman–Crippen LogP) is 2.69. The van der Waals surface area contributed by atoms with Crippen LogP contribution in [0, 0.1) is 5.92 Å². The van der Waals surface area contributed by atoms with E-state index in [-0.39, 0.29) is 11.8 Å². The first-order valence-corrected chi connectivity index (χ1v) is 11.4. The lowest BCUT2D eigenvalue weighted by Gasteiger charge is -2.43. The number of aliphatic carboxylic acids is 1. The summed E-state index contributed by atoms with van der Waals surface area (Å²) in [5, 5.41) is 15.1. The van der Waals surface area contributed by atoms with Gasteiger partial charge in [-0.25, -0.2) is 0 Å². The van der Waals surface area contributed by atoms with E-state index in [1.165, 1.54) is 17.5 Å². The molecule has 1 aliphatic heterocycles. The number of hydrogen-bond donors (Lipinski definition) is 3. The molecule has 3 rings (SSSR count). The summed E-state index contributed by atoms with van der Waals surface area (Å²) in [6.45, 7) is 4.47. The Morgan fingerprint density at radius 1 is 1.19 bits per heavy atom. The van der Waals surface area contributed by atoms with Crippen molar-refractivity contribution < 1.29 is 24.2 Å². The lowest BCUT2D eigenvalue weighted by molar-refractivity contribution is -0.142. The summed E-state index contributed by atoms with van der Waals surface area (Å²) >= 11 is 0. The van der Waals surface area contributed by atoms with Crippen molar-refractivity contribution in [3.8, 4) is 0 Å². The van der Waals surface area contributed by atoms with Gasteiger partial charge in [-0.15, -0.1) is 0 Å². The summed E-state index contributed by atoms with van der Waals surface area (Å²) in [5.41, 5.74) is 3.02. The summed E-state index contributed by atoms with van der Waals surface area (Å²) in [6.07, 6.45) is 7.15. The molecule has 1 saturated heterocycles. The van der Waals surface area contributed by atoms with Gasteiger partial charge >= 0.3 is 5.97 Å². The fraction of sp³-hybridized carbons (Fsp3) is 0.625. The van der Waals surface area contributed by atoms with Crippen LogP contribution in [-0.2, 0) is 37.7 Å². The second-order valence-electron chi connectivity index (χ2n) is 9.00. The van der Waals surface area contributed by atoms with E-state index in [9.17, 15) is 14.4 Å². The molecule has 2 aliphatic rings. The van der Waals surface area contributed by atoms with E-state index in [0.717, 1.165) is 44.1 Å². The van der Waals surface area contributed by atoms with Gasteiger partial charge in [0.2, 0.25) is 5.91 Å². The Bertz CT molecular complexity index is 801. The molecule has 7 heteroatoms. The maximum atomic E-state index is 13.1. The molecule has 31 heavy (non-hydrogen) atoms. The van der Waals surface area contributed by atoms with Gasteiger partial charge in [-0.3, -0.25) is 14.9 Å². The number of carboxylic acid groups (broad SMARTS) is 1. The molecule has 0 bridgehead atoms. The van der Waals surface area contributed by atoms with Crippen LogP contribution in [0.25, 0.3) is 0 Å². The van der Waals surface area contributed by atoms with Gasteiger partial charge in [-0.05, 0) is 62.0 Å². The molecule has 0 saturated carbocycles. The van der Waals surface area contributed by atoms with E-state index >= 15 is 0 Å². The van der Waals surface area contributed by atoms with Crippen molar-refractivity contribution in [2.75, 3.05) is 6.61 Å². The highest BCUT2D eigenvalue weighted by Gasteiger charge is 2.42. The molecule has 0 aromatic heterocycles. The minimum absolute atomic E-state index is 0.0842. The number of carbonyl (C=O) groups excluding carboxylic acids is 2. The number of hydrogen-bond acceptors (Lipinski definition) is 5. The number of benzene rings is 1. The minimum Gasteiger partial charge on any atom is -0.481 e. The molecule has 7 nitrogen and oxygen atoms in total. The van der Waals surface area contributed by atoms with Crippen LogP contribution in [0.4, 0.5) is 0 Å². The first kappa shape index (κ1) is 23.4. The molecule has 1 fully saturated rings. The van der Waals surface area contributed by atoms with Crippen molar-refractivity contribution >= 4 is 18.2 Å². The first-order chi connectivity index (χ1) is 14.9. The number of fused-ring (bicyclic) bond motifs is 1. The number of carboxylic acids is 1. The maximum absolute atomic E-state index is 13.1. The van der Waals surface area contributed by atoms with Crippen LogP contribution < -0.4 is 10.6 Å². The topological polar surface area (TPSA) is 105 Å². The largest absolute Gasteiger partial charge is 0.481 e. The molecule has 0 radical (unpaired) electrons. The average Bonchev–Trinajstić information content (AvgIpc) is 2.76. The number of rotatable bonds is 9. The van der Waals surface area contributed by atoms with Gasteiger partial charge in [-0.1, -0.05) is 32.0 Å². The fourth-order valence-corrected chi connectivity index (χ4v) is 4.74. The zero-order valence-electron chi connectivity index (χ0n) is 18.5. The second kappa shape index (κ2) is 10.4. The molecule has 3 atom stereocenters. The second-order valence-corrected chi connectivity index (χ2v) is 9.00. The Labute approximate surface area is 183 Å². The minimum atomic E-state index is -1.13. The van der Waals surface area contributed by atoms with Crippen LogP contribution in [0.2, 0.25) is 0 Å². The number of aldehydes is 1. The zero-order valence-corrected chi connectivity index (χ0v) is 18.5. The van der Waals surface area contributed by atoms with Crippen molar-refractivity contribution in [1.82, 2.24) is 10.6 Å². The molecular formula is C24H34N2O5. The van der Waals surface area contributed by atoms with E-state index in [4.69, 9.17) is 9.84 Å². The number of ether oxygens (including phenoxy) is 1. The van der Waals surface area contributed by atoms with Crippen LogP contribution >= 0.6 is 0 Å². The summed E-state index contributed by atoms with van der Waals surface area (Å²) < 4.78 is 6.39. The molecule has 1 aliphatic carbocycles. The molecule has 1 heterocycles. The normalized spacial score (nSPS) is 22.9. The van der Waals surface area contributed by atoms with E-state index in [1.54, 1.807) is 0 Å². The standard InChI is InChI=1S/C24H34N2O5/c1-16(2)22(23(30)25-18(15-27)14-21(28)29)26-24(12-5-6-13-31-24)20-11-7-9-17-8-3-4-10-19(17)20/h7,9,11,15-16,18,22,26H,3-6,8,10,12-14H2,1-2H3,(H,25,30)(H,28,29)/t18-,22-,24?/m0/s1. The maximum Gasteiger partial charge on any atom is 0.305 e. The SMILES string of the molecule is CC(C)[C@H](NC1(c2cccc3c2CCCC3)CCCCO1)C(=O)N[C@H](C=O)CC(=O)O. The van der Waals surface area contributed by atoms with Gasteiger partial charge in [-0.2, -0.15) is 0 Å². The van der Waals surface area contributed by atoms with E-state index in [2.05, 4.69) is 28.8 Å². The quantitative estimate of drug-likeness (QED) is 0.520. The van der Waals surface area contributed by atoms with Gasteiger partial charge in [0.15, 0.2) is 0 Å². The number of nitrogens with one attached hydrogen (secondary N) is 2. The lowest BCUT2D eigenvalue weighted by atomic mass is 9.81. The first-order valence-electron chi connectivity index (χ1n) is 11.4.